The fraction of sp³-hybridized carbons (Fsp3) is 0.765. The van der Waals surface area contributed by atoms with Crippen molar-refractivity contribution in [3.63, 3.8) is 0 Å². The second-order valence-electron chi connectivity index (χ2n) is 7.02. The summed E-state index contributed by atoms with van der Waals surface area (Å²) in [6, 6.07) is 0.393. The van der Waals surface area contributed by atoms with Gasteiger partial charge >= 0.3 is 0 Å². The van der Waals surface area contributed by atoms with Gasteiger partial charge in [0.15, 0.2) is 0 Å². The number of nitrogens with zero attached hydrogens (tertiary/aromatic N) is 2. The first-order valence-electron chi connectivity index (χ1n) is 8.73. The van der Waals surface area contributed by atoms with Crippen molar-refractivity contribution in [2.75, 3.05) is 19.6 Å². The van der Waals surface area contributed by atoms with Crippen molar-refractivity contribution in [1.82, 2.24) is 20.4 Å². The van der Waals surface area contributed by atoms with E-state index in [1.165, 1.54) is 24.8 Å². The molecule has 1 amide bonds. The highest BCUT2D eigenvalue weighted by atomic mass is 16.2. The number of hydrogen-bond donors (Lipinski definition) is 2. The zero-order chi connectivity index (χ0) is 15.4. The number of aromatic amines is 1. The van der Waals surface area contributed by atoms with Crippen molar-refractivity contribution in [2.45, 2.75) is 57.4 Å². The number of carbonyl (C=O) groups is 1. The molecular formula is C17H28N4O. The third-order valence-corrected chi connectivity index (χ3v) is 5.40. The maximum Gasteiger partial charge on any atom is 0.234 e. The quantitative estimate of drug-likeness (QED) is 0.897. The van der Waals surface area contributed by atoms with Crippen molar-refractivity contribution >= 4 is 5.91 Å². The molecule has 122 valence electrons. The van der Waals surface area contributed by atoms with E-state index in [9.17, 15) is 4.79 Å². The minimum absolute atomic E-state index is 0.209. The van der Waals surface area contributed by atoms with Gasteiger partial charge < -0.3 is 5.32 Å². The Bertz CT molecular complexity index is 465. The van der Waals surface area contributed by atoms with Crippen LogP contribution in [0, 0.1) is 5.92 Å². The smallest absolute Gasteiger partial charge is 0.234 e. The zero-order valence-corrected chi connectivity index (χ0v) is 13.6. The highest BCUT2D eigenvalue weighted by Crippen LogP contribution is 2.27. The summed E-state index contributed by atoms with van der Waals surface area (Å²) >= 11 is 0. The summed E-state index contributed by atoms with van der Waals surface area (Å²) in [5.74, 6) is 1.43. The van der Waals surface area contributed by atoms with Gasteiger partial charge in [0.1, 0.15) is 0 Å². The SMILES string of the molecule is C[C@@H]1CCCC[C@@H]1NC(=O)CN1CCC(c2cn[nH]c2)CC1. The average Bonchev–Trinajstić information content (AvgIpc) is 3.05. The van der Waals surface area contributed by atoms with Gasteiger partial charge in [0.2, 0.25) is 5.91 Å². The Morgan fingerprint density at radius 1 is 1.32 bits per heavy atom. The number of piperidine rings is 1. The van der Waals surface area contributed by atoms with E-state index in [-0.39, 0.29) is 5.91 Å². The summed E-state index contributed by atoms with van der Waals surface area (Å²) in [6.07, 6.45) is 11.1. The van der Waals surface area contributed by atoms with Crippen molar-refractivity contribution in [3.05, 3.63) is 18.0 Å². The largest absolute Gasteiger partial charge is 0.352 e. The lowest BCUT2D eigenvalue weighted by molar-refractivity contribution is -0.123. The van der Waals surface area contributed by atoms with E-state index in [1.807, 2.05) is 12.4 Å². The van der Waals surface area contributed by atoms with Crippen LogP contribution in [0.3, 0.4) is 0 Å². The molecule has 2 atom stereocenters. The Balaban J connectivity index is 1.41. The van der Waals surface area contributed by atoms with Crippen LogP contribution < -0.4 is 5.32 Å². The topological polar surface area (TPSA) is 61.0 Å². The van der Waals surface area contributed by atoms with Gasteiger partial charge in [-0.3, -0.25) is 14.8 Å². The lowest BCUT2D eigenvalue weighted by Crippen LogP contribution is -2.47. The molecule has 0 unspecified atom stereocenters. The number of amides is 1. The number of carbonyl (C=O) groups excluding carboxylic acids is 1. The van der Waals surface area contributed by atoms with Crippen LogP contribution in [0.15, 0.2) is 12.4 Å². The third kappa shape index (κ3) is 3.88. The van der Waals surface area contributed by atoms with E-state index in [1.54, 1.807) is 0 Å². The van der Waals surface area contributed by atoms with Crippen LogP contribution in [0.25, 0.3) is 0 Å². The Labute approximate surface area is 132 Å². The average molecular weight is 304 g/mol. The van der Waals surface area contributed by atoms with Crippen LogP contribution >= 0.6 is 0 Å². The van der Waals surface area contributed by atoms with Crippen molar-refractivity contribution in [2.24, 2.45) is 5.92 Å². The Morgan fingerprint density at radius 3 is 2.77 bits per heavy atom. The summed E-state index contributed by atoms with van der Waals surface area (Å²) in [6.45, 7) is 4.83. The van der Waals surface area contributed by atoms with Crippen LogP contribution in [0.1, 0.15) is 56.9 Å². The molecule has 0 spiro atoms. The molecule has 5 nitrogen and oxygen atoms in total. The van der Waals surface area contributed by atoms with Crippen LogP contribution in [-0.2, 0) is 4.79 Å². The molecule has 2 aliphatic rings. The minimum atomic E-state index is 0.209. The van der Waals surface area contributed by atoms with Crippen LogP contribution in [0.4, 0.5) is 0 Å². The van der Waals surface area contributed by atoms with Gasteiger partial charge in [0.05, 0.1) is 12.7 Å². The van der Waals surface area contributed by atoms with Gasteiger partial charge in [-0.05, 0) is 56.2 Å². The number of aromatic nitrogens is 2. The molecule has 2 heterocycles. The first kappa shape index (κ1) is 15.5. The molecule has 22 heavy (non-hydrogen) atoms. The van der Waals surface area contributed by atoms with Crippen molar-refractivity contribution in [3.8, 4) is 0 Å². The first-order valence-corrected chi connectivity index (χ1v) is 8.73. The summed E-state index contributed by atoms with van der Waals surface area (Å²) in [4.78, 5) is 14.6. The van der Waals surface area contributed by atoms with E-state index in [0.29, 0.717) is 24.4 Å². The summed E-state index contributed by atoms with van der Waals surface area (Å²) in [5.41, 5.74) is 1.31. The summed E-state index contributed by atoms with van der Waals surface area (Å²) in [5, 5.41) is 10.2. The number of rotatable bonds is 4. The van der Waals surface area contributed by atoms with Gasteiger partial charge in [0, 0.05) is 12.2 Å². The Hall–Kier alpha value is -1.36. The highest BCUT2D eigenvalue weighted by molar-refractivity contribution is 5.78. The Kier molecular flexibility index (Phi) is 5.13. The van der Waals surface area contributed by atoms with Crippen LogP contribution in [0.2, 0.25) is 0 Å². The van der Waals surface area contributed by atoms with E-state index in [4.69, 9.17) is 0 Å². The van der Waals surface area contributed by atoms with Crippen LogP contribution in [0.5, 0.6) is 0 Å². The predicted octanol–water partition coefficient (Wildman–Crippen LogP) is 2.28. The van der Waals surface area contributed by atoms with Crippen molar-refractivity contribution in [1.29, 1.82) is 0 Å². The molecule has 0 bridgehead atoms. The molecule has 1 aliphatic heterocycles. The minimum Gasteiger partial charge on any atom is -0.352 e. The van der Waals surface area contributed by atoms with E-state index in [2.05, 4.69) is 27.3 Å². The first-order chi connectivity index (χ1) is 10.7. The van der Waals surface area contributed by atoms with E-state index < -0.39 is 0 Å². The van der Waals surface area contributed by atoms with Gasteiger partial charge in [-0.25, -0.2) is 0 Å². The molecule has 1 saturated carbocycles. The molecule has 2 N–H and O–H groups in total. The highest BCUT2D eigenvalue weighted by Gasteiger charge is 2.25. The summed E-state index contributed by atoms with van der Waals surface area (Å²) in [7, 11) is 0. The number of H-pyrrole nitrogens is 1. The summed E-state index contributed by atoms with van der Waals surface area (Å²) < 4.78 is 0. The second-order valence-corrected chi connectivity index (χ2v) is 7.02. The van der Waals surface area contributed by atoms with Gasteiger partial charge in [0.25, 0.3) is 0 Å². The van der Waals surface area contributed by atoms with Gasteiger partial charge in [-0.2, -0.15) is 5.10 Å². The molecule has 5 heteroatoms. The number of hydrogen-bond acceptors (Lipinski definition) is 3. The maximum absolute atomic E-state index is 12.3. The van der Waals surface area contributed by atoms with Gasteiger partial charge in [-0.15, -0.1) is 0 Å². The monoisotopic (exact) mass is 304 g/mol. The fourth-order valence-electron chi connectivity index (χ4n) is 3.89. The molecular weight excluding hydrogens is 276 g/mol. The van der Waals surface area contributed by atoms with E-state index >= 15 is 0 Å². The molecule has 1 aromatic rings. The number of likely N-dealkylation sites (tertiary alicyclic amines) is 1. The second kappa shape index (κ2) is 7.27. The van der Waals surface area contributed by atoms with E-state index in [0.717, 1.165) is 32.4 Å². The molecule has 1 aliphatic carbocycles. The lowest BCUT2D eigenvalue weighted by atomic mass is 9.86. The zero-order valence-electron chi connectivity index (χ0n) is 13.6. The lowest BCUT2D eigenvalue weighted by Gasteiger charge is -2.33. The number of nitrogens with one attached hydrogen (secondary N) is 2. The molecule has 1 aromatic heterocycles. The van der Waals surface area contributed by atoms with Crippen molar-refractivity contribution < 1.29 is 4.79 Å². The normalized spacial score (nSPS) is 27.7. The maximum atomic E-state index is 12.3. The molecule has 0 aromatic carbocycles. The molecule has 0 radical (unpaired) electrons. The molecule has 1 saturated heterocycles. The Morgan fingerprint density at radius 2 is 2.09 bits per heavy atom. The standard InChI is InChI=1S/C17H28N4O/c1-13-4-2-3-5-16(13)20-17(22)12-21-8-6-14(7-9-21)15-10-18-19-11-15/h10-11,13-14,16H,2-9,12H2,1H3,(H,18,19)(H,20,22)/t13-,16+/m1/s1. The molecule has 3 rings (SSSR count). The van der Waals surface area contributed by atoms with Gasteiger partial charge in [-0.1, -0.05) is 19.8 Å². The predicted molar refractivity (Wildman–Crippen MR) is 86.6 cm³/mol. The fourth-order valence-corrected chi connectivity index (χ4v) is 3.89. The third-order valence-electron chi connectivity index (χ3n) is 5.40. The molecule has 2 fully saturated rings. The van der Waals surface area contributed by atoms with Crippen LogP contribution in [-0.4, -0.2) is 46.7 Å².